The third-order valence-corrected chi connectivity index (χ3v) is 9.29. The van der Waals surface area contributed by atoms with E-state index in [9.17, 15) is 0 Å². The molecule has 0 N–H and O–H groups in total. The van der Waals surface area contributed by atoms with Crippen molar-refractivity contribution in [3.63, 3.8) is 0 Å². The maximum absolute atomic E-state index is 5.97. The van der Waals surface area contributed by atoms with Crippen LogP contribution in [0, 0.1) is 5.41 Å². The third kappa shape index (κ3) is 1.50. The molecule has 2 unspecified atom stereocenters. The van der Waals surface area contributed by atoms with Crippen molar-refractivity contribution in [3.8, 4) is 0 Å². The van der Waals surface area contributed by atoms with Crippen LogP contribution in [0.3, 0.4) is 0 Å². The molecule has 0 radical (unpaired) electrons. The smallest absolute Gasteiger partial charge is 0.165 e. The molecule has 94 valence electrons. The van der Waals surface area contributed by atoms with Crippen LogP contribution in [0.2, 0.25) is 0 Å². The highest BCUT2D eigenvalue weighted by Crippen LogP contribution is 2.75. The van der Waals surface area contributed by atoms with Gasteiger partial charge in [0.2, 0.25) is 0 Å². The second kappa shape index (κ2) is 3.67. The van der Waals surface area contributed by atoms with Gasteiger partial charge in [0, 0.05) is 5.66 Å². The van der Waals surface area contributed by atoms with Crippen molar-refractivity contribution in [2.24, 2.45) is 5.41 Å². The van der Waals surface area contributed by atoms with Crippen molar-refractivity contribution >= 4 is 7.92 Å². The van der Waals surface area contributed by atoms with Gasteiger partial charge in [-0.2, -0.15) is 0 Å². The highest BCUT2D eigenvalue weighted by molar-refractivity contribution is 7.61. The molecule has 0 amide bonds. The average Bonchev–Trinajstić information content (AvgIpc) is 2.45. The molecule has 2 nitrogen and oxygen atoms in total. The van der Waals surface area contributed by atoms with Crippen LogP contribution >= 0.6 is 7.92 Å². The first kappa shape index (κ1) is 12.8. The fraction of sp³-hybridized carbons (Fsp3) is 1.00. The van der Waals surface area contributed by atoms with Crippen molar-refractivity contribution in [1.82, 2.24) is 0 Å². The van der Waals surface area contributed by atoms with Gasteiger partial charge >= 0.3 is 0 Å². The zero-order valence-electron chi connectivity index (χ0n) is 11.6. The SMILES string of the molecule is C[C@@H]1OC(C2P(C)C(C)(C)C2(C)C)O[C@H]1C. The van der Waals surface area contributed by atoms with Crippen LogP contribution < -0.4 is 0 Å². The van der Waals surface area contributed by atoms with Crippen LogP contribution in [-0.4, -0.2) is 36.0 Å². The Bertz CT molecular complexity index is 278. The Morgan fingerprint density at radius 2 is 1.38 bits per heavy atom. The molecule has 2 rings (SSSR count). The largest absolute Gasteiger partial charge is 0.346 e. The second-order valence-electron chi connectivity index (χ2n) is 6.39. The lowest BCUT2D eigenvalue weighted by molar-refractivity contribution is -0.0946. The zero-order valence-corrected chi connectivity index (χ0v) is 12.5. The summed E-state index contributed by atoms with van der Waals surface area (Å²) in [6.45, 7) is 16.1. The molecule has 0 aromatic heterocycles. The van der Waals surface area contributed by atoms with Crippen molar-refractivity contribution in [2.45, 2.75) is 70.9 Å². The Morgan fingerprint density at radius 1 is 0.938 bits per heavy atom. The van der Waals surface area contributed by atoms with Gasteiger partial charge in [0.1, 0.15) is 0 Å². The Kier molecular flexibility index (Phi) is 2.94. The summed E-state index contributed by atoms with van der Waals surface area (Å²) in [6, 6.07) is 0. The Morgan fingerprint density at radius 3 is 1.75 bits per heavy atom. The molecule has 0 bridgehead atoms. The van der Waals surface area contributed by atoms with Crippen molar-refractivity contribution < 1.29 is 9.47 Å². The molecule has 0 aromatic carbocycles. The van der Waals surface area contributed by atoms with Gasteiger partial charge in [-0.15, -0.1) is 0 Å². The van der Waals surface area contributed by atoms with E-state index in [1.54, 1.807) is 0 Å². The molecule has 2 aliphatic heterocycles. The number of ether oxygens (including phenoxy) is 2. The molecule has 2 saturated heterocycles. The molecule has 3 heteroatoms. The van der Waals surface area contributed by atoms with Crippen LogP contribution in [0.5, 0.6) is 0 Å². The Labute approximate surface area is 101 Å². The quantitative estimate of drug-likeness (QED) is 0.658. The maximum atomic E-state index is 5.97. The normalized spacial score (nSPS) is 46.7. The number of rotatable bonds is 1. The minimum atomic E-state index is -0.0115. The fourth-order valence-corrected chi connectivity index (χ4v) is 6.27. The predicted octanol–water partition coefficient (Wildman–Crippen LogP) is 3.44. The molecule has 4 atom stereocenters. The number of hydrogen-bond acceptors (Lipinski definition) is 2. The molecule has 0 aliphatic carbocycles. The van der Waals surface area contributed by atoms with E-state index in [-0.39, 0.29) is 26.4 Å². The Balaban J connectivity index is 2.13. The minimum absolute atomic E-state index is 0.0115. The van der Waals surface area contributed by atoms with E-state index in [0.29, 0.717) is 16.2 Å². The lowest BCUT2D eigenvalue weighted by atomic mass is 9.75. The van der Waals surface area contributed by atoms with E-state index < -0.39 is 0 Å². The molecule has 0 aromatic rings. The van der Waals surface area contributed by atoms with Gasteiger partial charge < -0.3 is 9.47 Å². The van der Waals surface area contributed by atoms with Crippen molar-refractivity contribution in [3.05, 3.63) is 0 Å². The monoisotopic (exact) mass is 244 g/mol. The molecule has 0 spiro atoms. The molecule has 0 saturated carbocycles. The maximum Gasteiger partial charge on any atom is 0.165 e. The zero-order chi connectivity index (χ0) is 12.3. The Hall–Kier alpha value is 0.350. The van der Waals surface area contributed by atoms with E-state index in [4.69, 9.17) is 9.47 Å². The van der Waals surface area contributed by atoms with Gasteiger partial charge in [0.25, 0.3) is 0 Å². The summed E-state index contributed by atoms with van der Waals surface area (Å²) in [6.07, 6.45) is 0.518. The molecule has 2 aliphatic rings. The van der Waals surface area contributed by atoms with E-state index >= 15 is 0 Å². The highest BCUT2D eigenvalue weighted by atomic mass is 31.1. The summed E-state index contributed by atoms with van der Waals surface area (Å²) in [5.41, 5.74) is 0.909. The van der Waals surface area contributed by atoms with Gasteiger partial charge in [-0.25, -0.2) is 0 Å². The average molecular weight is 244 g/mol. The first-order valence-electron chi connectivity index (χ1n) is 6.23. The van der Waals surface area contributed by atoms with Gasteiger partial charge in [-0.3, -0.25) is 0 Å². The number of hydrogen-bond donors (Lipinski definition) is 0. The summed E-state index contributed by atoms with van der Waals surface area (Å²) in [7, 11) is -0.0115. The molecule has 16 heavy (non-hydrogen) atoms. The van der Waals surface area contributed by atoms with Crippen LogP contribution in [0.25, 0.3) is 0 Å². The summed E-state index contributed by atoms with van der Waals surface area (Å²) < 4.78 is 11.9. The molecule has 2 fully saturated rings. The summed E-state index contributed by atoms with van der Waals surface area (Å²) in [5, 5.41) is 0.439. The first-order chi connectivity index (χ1) is 7.19. The summed E-state index contributed by atoms with van der Waals surface area (Å²) in [4.78, 5) is 0. The molecule has 2 heterocycles. The standard InChI is InChI=1S/C13H25O2P/c1-8-9(2)15-11(14-8)10-12(3,4)13(5,6)16(10)7/h8-11H,1-7H3/t8-,9-,10?,16?/m0/s1. The minimum Gasteiger partial charge on any atom is -0.346 e. The van der Waals surface area contributed by atoms with Gasteiger partial charge in [-0.1, -0.05) is 35.6 Å². The fourth-order valence-electron chi connectivity index (χ4n) is 2.93. The lowest BCUT2D eigenvalue weighted by Gasteiger charge is -2.65. The summed E-state index contributed by atoms with van der Waals surface area (Å²) in [5.74, 6) is 0. The van der Waals surface area contributed by atoms with Crippen molar-refractivity contribution in [1.29, 1.82) is 0 Å². The highest BCUT2D eigenvalue weighted by Gasteiger charge is 2.63. The van der Waals surface area contributed by atoms with Gasteiger partial charge in [-0.05, 0) is 31.1 Å². The second-order valence-corrected chi connectivity index (χ2v) is 9.28. The van der Waals surface area contributed by atoms with E-state index in [2.05, 4.69) is 48.2 Å². The van der Waals surface area contributed by atoms with E-state index in [1.807, 2.05) is 0 Å². The van der Waals surface area contributed by atoms with Gasteiger partial charge in [0.15, 0.2) is 6.29 Å². The van der Waals surface area contributed by atoms with Gasteiger partial charge in [0.05, 0.1) is 12.2 Å². The molecular formula is C13H25O2P. The summed E-state index contributed by atoms with van der Waals surface area (Å²) >= 11 is 0. The van der Waals surface area contributed by atoms with Crippen LogP contribution in [0.15, 0.2) is 0 Å². The van der Waals surface area contributed by atoms with Crippen LogP contribution in [0.1, 0.15) is 41.5 Å². The lowest BCUT2D eigenvalue weighted by Crippen LogP contribution is -2.61. The van der Waals surface area contributed by atoms with Crippen LogP contribution in [0.4, 0.5) is 0 Å². The van der Waals surface area contributed by atoms with E-state index in [1.165, 1.54) is 0 Å². The first-order valence-corrected chi connectivity index (χ1v) is 8.09. The molecular weight excluding hydrogens is 219 g/mol. The van der Waals surface area contributed by atoms with Crippen LogP contribution in [-0.2, 0) is 9.47 Å². The predicted molar refractivity (Wildman–Crippen MR) is 69.4 cm³/mol. The third-order valence-electron chi connectivity index (χ3n) is 5.23. The topological polar surface area (TPSA) is 18.5 Å². The van der Waals surface area contributed by atoms with Crippen molar-refractivity contribution in [2.75, 3.05) is 6.66 Å². The van der Waals surface area contributed by atoms with E-state index in [0.717, 1.165) is 0 Å².